The first-order valence-corrected chi connectivity index (χ1v) is 9.60. The van der Waals surface area contributed by atoms with E-state index in [2.05, 4.69) is 10.3 Å². The third kappa shape index (κ3) is 4.16. The first kappa shape index (κ1) is 19.3. The van der Waals surface area contributed by atoms with Gasteiger partial charge in [-0.2, -0.15) is 4.31 Å². The van der Waals surface area contributed by atoms with Gasteiger partial charge >= 0.3 is 5.97 Å². The molecule has 2 heterocycles. The maximum Gasteiger partial charge on any atom is 0.329 e. The molecule has 0 radical (unpaired) electrons. The van der Waals surface area contributed by atoms with Crippen LogP contribution in [0.4, 0.5) is 0 Å². The number of nitrogens with one attached hydrogen (secondary N) is 1. The highest BCUT2D eigenvalue weighted by Gasteiger charge is 2.37. The number of carbonyl (C=O) groups is 2. The second-order valence-electron chi connectivity index (χ2n) is 6.35. The third-order valence-electron chi connectivity index (χ3n) is 4.68. The lowest BCUT2D eigenvalue weighted by atomic mass is 9.93. The Morgan fingerprint density at radius 3 is 2.52 bits per heavy atom. The summed E-state index contributed by atoms with van der Waals surface area (Å²) in [4.78, 5) is 27.6. The number of hydrogen-bond acceptors (Lipinski definition) is 5. The number of carboxylic acid groups (broad SMARTS) is 1. The van der Waals surface area contributed by atoms with E-state index in [1.807, 2.05) is 0 Å². The number of rotatable bonds is 6. The van der Waals surface area contributed by atoms with Crippen molar-refractivity contribution in [1.29, 1.82) is 0 Å². The average molecular weight is 369 g/mol. The van der Waals surface area contributed by atoms with Gasteiger partial charge in [-0.15, -0.1) is 0 Å². The largest absolute Gasteiger partial charge is 0.480 e. The standard InChI is InChI=1S/C16H23N3O5S/c1-3-16(2,15(21)22)18-14(20)12-6-9-19(10-7-12)25(23,24)13-5-4-8-17-11-13/h4-5,8,11-12H,3,6-7,9-10H2,1-2H3,(H,18,20)(H,21,22). The molecule has 1 aliphatic rings. The molecule has 0 saturated carbocycles. The monoisotopic (exact) mass is 369 g/mol. The molecule has 8 nitrogen and oxygen atoms in total. The van der Waals surface area contributed by atoms with Crippen molar-refractivity contribution >= 4 is 21.9 Å². The van der Waals surface area contributed by atoms with E-state index in [4.69, 9.17) is 0 Å². The van der Waals surface area contributed by atoms with Crippen LogP contribution in [0, 0.1) is 5.92 Å². The van der Waals surface area contributed by atoms with Gasteiger partial charge in [0.05, 0.1) is 0 Å². The summed E-state index contributed by atoms with van der Waals surface area (Å²) in [5.41, 5.74) is -1.31. The predicted octanol–water partition coefficient (Wildman–Crippen LogP) is 0.852. The average Bonchev–Trinajstić information content (AvgIpc) is 2.62. The number of hydrogen-bond donors (Lipinski definition) is 2. The van der Waals surface area contributed by atoms with Crippen molar-refractivity contribution < 1.29 is 23.1 Å². The molecule has 1 atom stereocenters. The van der Waals surface area contributed by atoms with Gasteiger partial charge in [0.25, 0.3) is 0 Å². The van der Waals surface area contributed by atoms with Crippen molar-refractivity contribution in [2.45, 2.75) is 43.5 Å². The summed E-state index contributed by atoms with van der Waals surface area (Å²) in [6.07, 6.45) is 3.77. The van der Waals surface area contributed by atoms with Crippen molar-refractivity contribution in [3.63, 3.8) is 0 Å². The number of carboxylic acids is 1. The number of aliphatic carboxylic acids is 1. The Morgan fingerprint density at radius 2 is 2.04 bits per heavy atom. The SMILES string of the molecule is CCC(C)(NC(=O)C1CCN(S(=O)(=O)c2cccnc2)CC1)C(=O)O. The van der Waals surface area contributed by atoms with Gasteiger partial charge in [0.2, 0.25) is 15.9 Å². The summed E-state index contributed by atoms with van der Waals surface area (Å²) in [7, 11) is -3.62. The zero-order chi connectivity index (χ0) is 18.7. The van der Waals surface area contributed by atoms with Crippen LogP contribution in [0.1, 0.15) is 33.1 Å². The number of carbonyl (C=O) groups excluding carboxylic acids is 1. The van der Waals surface area contributed by atoms with Crippen LogP contribution in [0.25, 0.3) is 0 Å². The summed E-state index contributed by atoms with van der Waals surface area (Å²) in [6, 6.07) is 3.05. The fraction of sp³-hybridized carbons (Fsp3) is 0.562. The van der Waals surface area contributed by atoms with E-state index in [1.165, 1.54) is 29.7 Å². The molecule has 1 saturated heterocycles. The van der Waals surface area contributed by atoms with Gasteiger partial charge in [-0.25, -0.2) is 13.2 Å². The van der Waals surface area contributed by atoms with E-state index >= 15 is 0 Å². The van der Waals surface area contributed by atoms with E-state index in [0.717, 1.165) is 0 Å². The summed E-state index contributed by atoms with van der Waals surface area (Å²) >= 11 is 0. The van der Waals surface area contributed by atoms with Gasteiger partial charge in [-0.3, -0.25) is 9.78 Å². The predicted molar refractivity (Wildman–Crippen MR) is 90.2 cm³/mol. The topological polar surface area (TPSA) is 117 Å². The summed E-state index contributed by atoms with van der Waals surface area (Å²) in [5, 5.41) is 11.8. The van der Waals surface area contributed by atoms with Crippen LogP contribution in [-0.2, 0) is 19.6 Å². The summed E-state index contributed by atoms with van der Waals surface area (Å²) in [5.74, 6) is -1.82. The van der Waals surface area contributed by atoms with Crippen LogP contribution in [0.5, 0.6) is 0 Å². The second kappa shape index (κ2) is 7.49. The maximum atomic E-state index is 12.5. The molecule has 2 rings (SSSR count). The first-order valence-electron chi connectivity index (χ1n) is 8.16. The van der Waals surface area contributed by atoms with E-state index in [-0.39, 0.29) is 30.3 Å². The Labute approximate surface area is 147 Å². The van der Waals surface area contributed by atoms with Gasteiger partial charge in [0.1, 0.15) is 10.4 Å². The summed E-state index contributed by atoms with van der Waals surface area (Å²) in [6.45, 7) is 3.59. The second-order valence-corrected chi connectivity index (χ2v) is 8.29. The van der Waals surface area contributed by atoms with Gasteiger partial charge in [-0.1, -0.05) is 6.92 Å². The highest BCUT2D eigenvalue weighted by molar-refractivity contribution is 7.89. The molecule has 1 aromatic heterocycles. The maximum absolute atomic E-state index is 12.5. The number of aromatic nitrogens is 1. The lowest BCUT2D eigenvalue weighted by Crippen LogP contribution is -2.54. The van der Waals surface area contributed by atoms with Crippen LogP contribution in [0.15, 0.2) is 29.4 Å². The fourth-order valence-electron chi connectivity index (χ4n) is 2.67. The highest BCUT2D eigenvalue weighted by Crippen LogP contribution is 2.24. The molecule has 1 aromatic rings. The summed E-state index contributed by atoms with van der Waals surface area (Å²) < 4.78 is 26.4. The van der Waals surface area contributed by atoms with Gasteiger partial charge in [0.15, 0.2) is 0 Å². The minimum atomic E-state index is -3.62. The molecule has 1 aliphatic heterocycles. The zero-order valence-electron chi connectivity index (χ0n) is 14.3. The van der Waals surface area contributed by atoms with Crippen LogP contribution in [0.3, 0.4) is 0 Å². The molecule has 9 heteroatoms. The lowest BCUT2D eigenvalue weighted by Gasteiger charge is -2.33. The molecular formula is C16H23N3O5S. The van der Waals surface area contributed by atoms with Crippen molar-refractivity contribution in [2.24, 2.45) is 5.92 Å². The van der Waals surface area contributed by atoms with Crippen molar-refractivity contribution in [2.75, 3.05) is 13.1 Å². The van der Waals surface area contributed by atoms with Crippen LogP contribution >= 0.6 is 0 Å². The van der Waals surface area contributed by atoms with Crippen LogP contribution in [0.2, 0.25) is 0 Å². The van der Waals surface area contributed by atoms with Crippen molar-refractivity contribution in [3.8, 4) is 0 Å². The van der Waals surface area contributed by atoms with E-state index < -0.39 is 27.4 Å². The molecule has 1 unspecified atom stereocenters. The minimum Gasteiger partial charge on any atom is -0.480 e. The smallest absolute Gasteiger partial charge is 0.329 e. The Morgan fingerprint density at radius 1 is 1.40 bits per heavy atom. The molecule has 25 heavy (non-hydrogen) atoms. The molecule has 0 spiro atoms. The van der Waals surface area contributed by atoms with E-state index in [1.54, 1.807) is 13.0 Å². The molecule has 2 N–H and O–H groups in total. The Bertz CT molecular complexity index is 729. The van der Waals surface area contributed by atoms with E-state index in [9.17, 15) is 23.1 Å². The number of nitrogens with zero attached hydrogens (tertiary/aromatic N) is 2. The normalized spacial score (nSPS) is 19.1. The van der Waals surface area contributed by atoms with Gasteiger partial charge in [0, 0.05) is 31.4 Å². The minimum absolute atomic E-state index is 0.127. The molecule has 1 fully saturated rings. The molecule has 138 valence electrons. The quantitative estimate of drug-likeness (QED) is 0.768. The fourth-order valence-corrected chi connectivity index (χ4v) is 4.11. The Hall–Kier alpha value is -2.00. The molecular weight excluding hydrogens is 346 g/mol. The molecule has 0 bridgehead atoms. The zero-order valence-corrected chi connectivity index (χ0v) is 15.1. The molecule has 0 aromatic carbocycles. The number of piperidine rings is 1. The van der Waals surface area contributed by atoms with Crippen LogP contribution in [-0.4, -0.2) is 53.3 Å². The molecule has 0 aliphatic carbocycles. The third-order valence-corrected chi connectivity index (χ3v) is 6.56. The van der Waals surface area contributed by atoms with Crippen molar-refractivity contribution in [1.82, 2.24) is 14.6 Å². The lowest BCUT2D eigenvalue weighted by molar-refractivity contribution is -0.147. The van der Waals surface area contributed by atoms with Gasteiger partial charge < -0.3 is 10.4 Å². The van der Waals surface area contributed by atoms with E-state index in [0.29, 0.717) is 12.8 Å². The Kier molecular flexibility index (Phi) is 5.79. The van der Waals surface area contributed by atoms with Crippen molar-refractivity contribution in [3.05, 3.63) is 24.5 Å². The number of amides is 1. The van der Waals surface area contributed by atoms with Gasteiger partial charge in [-0.05, 0) is 38.3 Å². The number of pyridine rings is 1. The number of sulfonamides is 1. The Balaban J connectivity index is 2.00. The first-order chi connectivity index (χ1) is 11.7. The highest BCUT2D eigenvalue weighted by atomic mass is 32.2. The molecule has 1 amide bonds. The van der Waals surface area contributed by atoms with Crippen LogP contribution < -0.4 is 5.32 Å².